The molecule has 0 bridgehead atoms. The smallest absolute Gasteiger partial charge is 0.261 e. The highest BCUT2D eigenvalue weighted by atomic mass is 79.9. The summed E-state index contributed by atoms with van der Waals surface area (Å²) in [6.45, 7) is 0.685. The van der Waals surface area contributed by atoms with Crippen molar-refractivity contribution in [3.05, 3.63) is 151 Å². The van der Waals surface area contributed by atoms with Crippen LogP contribution in [0, 0.1) is 0 Å². The Morgan fingerprint density at radius 2 is 1.16 bits per heavy atom. The van der Waals surface area contributed by atoms with Crippen LogP contribution in [0.1, 0.15) is 27.6 Å². The van der Waals surface area contributed by atoms with Gasteiger partial charge in [0.25, 0.3) is 11.1 Å². The molecule has 0 radical (unpaired) electrons. The SMILES string of the molecule is CN(C)C(=O)C(Br)c1nc2cc(Cl)ccc2c(=O)n1Cc1ccccc1.CN(C)C(=O)Cc1nc2cc(Cl)ccc2c(=O)n1Cc1ccccc1. The van der Waals surface area contributed by atoms with E-state index in [1.54, 1.807) is 69.2 Å². The van der Waals surface area contributed by atoms with Crippen LogP contribution in [0.25, 0.3) is 21.8 Å². The van der Waals surface area contributed by atoms with Gasteiger partial charge in [0.2, 0.25) is 11.8 Å². The number of carbonyl (C=O) groups excluding carboxylic acids is 2. The highest BCUT2D eigenvalue weighted by Crippen LogP contribution is 2.25. The number of alkyl halides is 1. The first-order valence-corrected chi connectivity index (χ1v) is 17.5. The van der Waals surface area contributed by atoms with Crippen molar-refractivity contribution in [2.75, 3.05) is 28.2 Å². The second kappa shape index (κ2) is 16.5. The Labute approximate surface area is 313 Å². The monoisotopic (exact) mass is 788 g/mol. The first kappa shape index (κ1) is 37.4. The molecular formula is C38H35BrCl2N6O4. The van der Waals surface area contributed by atoms with Gasteiger partial charge in [-0.1, -0.05) is 99.8 Å². The maximum atomic E-state index is 13.1. The molecule has 2 amide bonds. The Morgan fingerprint density at radius 1 is 0.686 bits per heavy atom. The van der Waals surface area contributed by atoms with Crippen molar-refractivity contribution in [1.29, 1.82) is 0 Å². The molecule has 13 heteroatoms. The molecule has 0 spiro atoms. The predicted molar refractivity (Wildman–Crippen MR) is 206 cm³/mol. The van der Waals surface area contributed by atoms with Gasteiger partial charge in [-0.3, -0.25) is 28.3 Å². The molecule has 10 nitrogen and oxygen atoms in total. The maximum absolute atomic E-state index is 13.1. The van der Waals surface area contributed by atoms with Crippen LogP contribution in [0.4, 0.5) is 0 Å². The Kier molecular flexibility index (Phi) is 12.1. The molecule has 0 aliphatic carbocycles. The van der Waals surface area contributed by atoms with Crippen molar-refractivity contribution in [1.82, 2.24) is 28.9 Å². The van der Waals surface area contributed by atoms with Crippen LogP contribution in [0.3, 0.4) is 0 Å². The lowest BCUT2D eigenvalue weighted by Crippen LogP contribution is -2.32. The number of halogens is 3. The Bertz CT molecular complexity index is 2330. The number of hydrogen-bond acceptors (Lipinski definition) is 6. The van der Waals surface area contributed by atoms with Crippen molar-refractivity contribution >= 4 is 72.8 Å². The highest BCUT2D eigenvalue weighted by Gasteiger charge is 2.26. The molecule has 2 aromatic heterocycles. The third kappa shape index (κ3) is 8.91. The van der Waals surface area contributed by atoms with Gasteiger partial charge in [-0.2, -0.15) is 0 Å². The molecule has 6 rings (SSSR count). The van der Waals surface area contributed by atoms with Gasteiger partial charge in [0, 0.05) is 38.2 Å². The summed E-state index contributed by atoms with van der Waals surface area (Å²) in [4.78, 5) is 62.0. The van der Waals surface area contributed by atoms with Crippen LogP contribution in [-0.2, 0) is 29.1 Å². The molecule has 0 aliphatic heterocycles. The lowest BCUT2D eigenvalue weighted by molar-refractivity contribution is -0.128. The molecule has 2 heterocycles. The molecule has 6 aromatic rings. The number of carbonyl (C=O) groups is 2. The summed E-state index contributed by atoms with van der Waals surface area (Å²) in [5, 5.41) is 1.94. The number of nitrogens with zero attached hydrogens (tertiary/aromatic N) is 6. The topological polar surface area (TPSA) is 110 Å². The molecule has 1 atom stereocenters. The normalized spacial score (nSPS) is 11.5. The molecule has 262 valence electrons. The fraction of sp³-hybridized carbons (Fsp3) is 0.211. The quantitative estimate of drug-likeness (QED) is 0.166. The van der Waals surface area contributed by atoms with E-state index >= 15 is 0 Å². The summed E-state index contributed by atoms with van der Waals surface area (Å²) in [5.74, 6) is 0.477. The number of benzene rings is 4. The van der Waals surface area contributed by atoms with E-state index in [-0.39, 0.29) is 29.4 Å². The number of aromatic nitrogens is 4. The Morgan fingerprint density at radius 3 is 1.65 bits per heavy atom. The zero-order chi connectivity index (χ0) is 36.8. The standard InChI is InChI=1S/C19H17BrClN3O2.C19H18ClN3O2/c1-23(2)19(26)16(20)17-22-15-10-13(21)8-9-14(15)18(25)24(17)11-12-6-4-3-5-7-12;1-22(2)18(24)11-17-21-16-10-14(20)8-9-15(16)19(25)23(17)12-13-6-4-3-5-7-13/h3-10,16H,11H2,1-2H3;3-10H,11-12H2,1-2H3. The maximum Gasteiger partial charge on any atom is 0.261 e. The Hall–Kier alpha value is -4.84. The third-order valence-electron chi connectivity index (χ3n) is 8.00. The molecule has 4 aromatic carbocycles. The van der Waals surface area contributed by atoms with Gasteiger partial charge in [0.05, 0.1) is 41.3 Å². The number of hydrogen-bond donors (Lipinski definition) is 0. The van der Waals surface area contributed by atoms with E-state index in [9.17, 15) is 19.2 Å². The van der Waals surface area contributed by atoms with Crippen LogP contribution in [0.15, 0.2) is 107 Å². The molecule has 0 aliphatic rings. The second-order valence-electron chi connectivity index (χ2n) is 12.1. The number of rotatable bonds is 8. The molecule has 0 saturated heterocycles. The lowest BCUT2D eigenvalue weighted by atomic mass is 10.2. The largest absolute Gasteiger partial charge is 0.348 e. The van der Waals surface area contributed by atoms with Gasteiger partial charge in [0.15, 0.2) is 4.83 Å². The molecular weight excluding hydrogens is 755 g/mol. The minimum Gasteiger partial charge on any atom is -0.348 e. The van der Waals surface area contributed by atoms with Crippen LogP contribution < -0.4 is 11.1 Å². The molecule has 0 fully saturated rings. The minimum atomic E-state index is -0.739. The molecule has 0 N–H and O–H groups in total. The predicted octanol–water partition coefficient (Wildman–Crippen LogP) is 6.35. The van der Waals surface area contributed by atoms with E-state index in [2.05, 4.69) is 25.9 Å². The lowest BCUT2D eigenvalue weighted by Gasteiger charge is -2.20. The van der Waals surface area contributed by atoms with Crippen LogP contribution in [0.5, 0.6) is 0 Å². The summed E-state index contributed by atoms with van der Waals surface area (Å²) in [5.41, 5.74) is 2.51. The van der Waals surface area contributed by atoms with Gasteiger partial charge < -0.3 is 9.80 Å². The molecule has 51 heavy (non-hydrogen) atoms. The van der Waals surface area contributed by atoms with Crippen LogP contribution in [-0.4, -0.2) is 68.9 Å². The fourth-order valence-corrected chi connectivity index (χ4v) is 6.35. The van der Waals surface area contributed by atoms with Crippen molar-refractivity contribution in [2.45, 2.75) is 24.3 Å². The summed E-state index contributed by atoms with van der Waals surface area (Å²) >= 11 is 15.5. The highest BCUT2D eigenvalue weighted by molar-refractivity contribution is 9.09. The van der Waals surface area contributed by atoms with Crippen molar-refractivity contribution in [2.24, 2.45) is 0 Å². The first-order chi connectivity index (χ1) is 24.3. The van der Waals surface area contributed by atoms with Crippen molar-refractivity contribution < 1.29 is 9.59 Å². The third-order valence-corrected chi connectivity index (χ3v) is 9.27. The van der Waals surface area contributed by atoms with Gasteiger partial charge in [0.1, 0.15) is 11.6 Å². The second-order valence-corrected chi connectivity index (χ2v) is 13.9. The van der Waals surface area contributed by atoms with Gasteiger partial charge in [-0.05, 0) is 47.5 Å². The zero-order valence-corrected chi connectivity index (χ0v) is 31.5. The van der Waals surface area contributed by atoms with Gasteiger partial charge in [-0.25, -0.2) is 9.97 Å². The average molecular weight is 791 g/mol. The minimum absolute atomic E-state index is 0.0531. The number of amides is 2. The number of fused-ring (bicyclic) bond motifs is 2. The van der Waals surface area contributed by atoms with E-state index in [4.69, 9.17) is 23.2 Å². The van der Waals surface area contributed by atoms with Crippen molar-refractivity contribution in [3.63, 3.8) is 0 Å². The van der Waals surface area contributed by atoms with E-state index in [0.717, 1.165) is 11.1 Å². The van der Waals surface area contributed by atoms with Gasteiger partial charge in [-0.15, -0.1) is 0 Å². The Balaban J connectivity index is 0.000000198. The molecule has 1 unspecified atom stereocenters. The van der Waals surface area contributed by atoms with E-state index < -0.39 is 4.83 Å². The summed E-state index contributed by atoms with van der Waals surface area (Å²) in [6.07, 6.45) is 0.0531. The number of likely N-dealkylation sites (N-methyl/N-ethyl adjacent to an activating group) is 2. The first-order valence-electron chi connectivity index (χ1n) is 15.9. The van der Waals surface area contributed by atoms with E-state index in [1.807, 2.05) is 60.7 Å². The fourth-order valence-electron chi connectivity index (χ4n) is 5.26. The summed E-state index contributed by atoms with van der Waals surface area (Å²) in [6, 6.07) is 29.2. The van der Waals surface area contributed by atoms with E-state index in [0.29, 0.717) is 56.6 Å². The van der Waals surface area contributed by atoms with Crippen LogP contribution >= 0.6 is 39.1 Å². The summed E-state index contributed by atoms with van der Waals surface area (Å²) in [7, 11) is 6.68. The van der Waals surface area contributed by atoms with E-state index in [1.165, 1.54) is 14.4 Å². The summed E-state index contributed by atoms with van der Waals surface area (Å²) < 4.78 is 3.10. The van der Waals surface area contributed by atoms with Gasteiger partial charge >= 0.3 is 0 Å². The van der Waals surface area contributed by atoms with Crippen molar-refractivity contribution in [3.8, 4) is 0 Å². The average Bonchev–Trinajstić information content (AvgIpc) is 3.11. The zero-order valence-electron chi connectivity index (χ0n) is 28.4. The molecule has 0 saturated carbocycles. The van der Waals surface area contributed by atoms with Crippen LogP contribution in [0.2, 0.25) is 10.0 Å².